The number of benzene rings is 2. The fourth-order valence-electron chi connectivity index (χ4n) is 4.40. The monoisotopic (exact) mass is 555 g/mol. The Hall–Kier alpha value is -3.27. The minimum atomic E-state index is -1.12. The molecule has 1 unspecified atom stereocenters. The van der Waals surface area contributed by atoms with Crippen LogP contribution in [0.15, 0.2) is 60.7 Å². The van der Waals surface area contributed by atoms with E-state index in [0.717, 1.165) is 11.1 Å². The van der Waals surface area contributed by atoms with E-state index in [1.54, 1.807) is 20.8 Å². The van der Waals surface area contributed by atoms with Gasteiger partial charge >= 0.3 is 6.09 Å². The molecule has 0 aliphatic carbocycles. The van der Waals surface area contributed by atoms with Gasteiger partial charge in [0.05, 0.1) is 24.8 Å². The van der Waals surface area contributed by atoms with Crippen molar-refractivity contribution in [2.75, 3.05) is 13.2 Å². The van der Waals surface area contributed by atoms with Crippen LogP contribution in [0.3, 0.4) is 0 Å². The quantitative estimate of drug-likeness (QED) is 0.242. The molecule has 2 aromatic carbocycles. The summed E-state index contributed by atoms with van der Waals surface area (Å²) in [6.07, 6.45) is -1.17. The highest BCUT2D eigenvalue weighted by Gasteiger charge is 2.32. The summed E-state index contributed by atoms with van der Waals surface area (Å²) in [5.41, 5.74) is 1.05. The Labute approximate surface area is 237 Å². The van der Waals surface area contributed by atoms with Gasteiger partial charge < -0.3 is 25.6 Å². The van der Waals surface area contributed by atoms with Gasteiger partial charge in [0.25, 0.3) is 0 Å². The first-order chi connectivity index (χ1) is 18.9. The van der Waals surface area contributed by atoms with E-state index in [4.69, 9.17) is 9.84 Å². The maximum atomic E-state index is 13.5. The topological polar surface area (TPSA) is 137 Å². The Kier molecular flexibility index (Phi) is 13.3. The van der Waals surface area contributed by atoms with Gasteiger partial charge in [-0.25, -0.2) is 4.79 Å². The van der Waals surface area contributed by atoms with Crippen molar-refractivity contribution >= 4 is 17.9 Å². The number of aliphatic hydroxyl groups is 2. The lowest BCUT2D eigenvalue weighted by molar-refractivity contribution is -0.135. The molecule has 0 aliphatic rings. The summed E-state index contributed by atoms with van der Waals surface area (Å²) in [6.45, 7) is 9.04. The van der Waals surface area contributed by atoms with E-state index in [-0.39, 0.29) is 31.9 Å². The Morgan fingerprint density at radius 3 is 1.93 bits per heavy atom. The molecule has 5 N–H and O–H groups in total. The molecule has 0 saturated carbocycles. The van der Waals surface area contributed by atoms with Gasteiger partial charge in [0, 0.05) is 12.5 Å². The molecular formula is C31H45N3O6. The van der Waals surface area contributed by atoms with Crippen molar-refractivity contribution in [2.45, 2.75) is 77.7 Å². The zero-order chi connectivity index (χ0) is 29.7. The lowest BCUT2D eigenvalue weighted by Gasteiger charge is -2.29. The second-order valence-electron chi connectivity index (χ2n) is 11.4. The molecule has 0 aliphatic heterocycles. The molecular weight excluding hydrogens is 510 g/mol. The zero-order valence-corrected chi connectivity index (χ0v) is 24.2. The zero-order valence-electron chi connectivity index (χ0n) is 24.2. The SMILES string of the molecule is CC(C)[C@@H](NCCO)C(=O)NC(=O)C(Cc1ccccc1)C[C@H](O)[C@H](Cc1ccccc1)NC(=O)OC(C)(C)C. The first kappa shape index (κ1) is 32.9. The number of carbonyl (C=O) groups is 3. The maximum absolute atomic E-state index is 13.5. The molecule has 220 valence electrons. The number of carbonyl (C=O) groups excluding carboxylic acids is 3. The van der Waals surface area contributed by atoms with E-state index in [0.29, 0.717) is 6.42 Å². The molecule has 9 heteroatoms. The van der Waals surface area contributed by atoms with Gasteiger partial charge in [0.2, 0.25) is 11.8 Å². The highest BCUT2D eigenvalue weighted by molar-refractivity contribution is 5.98. The Bertz CT molecular complexity index is 1060. The summed E-state index contributed by atoms with van der Waals surface area (Å²) in [5.74, 6) is -1.88. The second-order valence-corrected chi connectivity index (χ2v) is 11.4. The van der Waals surface area contributed by atoms with Gasteiger partial charge in [-0.15, -0.1) is 0 Å². The van der Waals surface area contributed by atoms with Crippen LogP contribution in [0.2, 0.25) is 0 Å². The summed E-state index contributed by atoms with van der Waals surface area (Å²) < 4.78 is 5.43. The predicted molar refractivity (Wildman–Crippen MR) is 154 cm³/mol. The van der Waals surface area contributed by atoms with Crippen molar-refractivity contribution in [3.63, 3.8) is 0 Å². The van der Waals surface area contributed by atoms with Crippen molar-refractivity contribution in [3.8, 4) is 0 Å². The lowest BCUT2D eigenvalue weighted by atomic mass is 9.88. The summed E-state index contributed by atoms with van der Waals surface area (Å²) in [6, 6.07) is 17.4. The van der Waals surface area contributed by atoms with E-state index >= 15 is 0 Å². The van der Waals surface area contributed by atoms with Crippen LogP contribution >= 0.6 is 0 Å². The van der Waals surface area contributed by atoms with Gasteiger partial charge in [-0.05, 0) is 57.1 Å². The van der Waals surface area contributed by atoms with Crippen LogP contribution < -0.4 is 16.0 Å². The van der Waals surface area contributed by atoms with Crippen LogP contribution in [0.1, 0.15) is 52.2 Å². The minimum absolute atomic E-state index is 0.00226. The van der Waals surface area contributed by atoms with Crippen molar-refractivity contribution in [3.05, 3.63) is 71.8 Å². The first-order valence-electron chi connectivity index (χ1n) is 13.8. The van der Waals surface area contributed by atoms with Crippen molar-refractivity contribution in [1.29, 1.82) is 0 Å². The Balaban J connectivity index is 2.27. The van der Waals surface area contributed by atoms with E-state index in [1.807, 2.05) is 74.5 Å². The van der Waals surface area contributed by atoms with Crippen LogP contribution in [-0.4, -0.2) is 65.1 Å². The number of nitrogens with one attached hydrogen (secondary N) is 3. The number of alkyl carbamates (subject to hydrolysis) is 1. The fraction of sp³-hybridized carbons (Fsp3) is 0.516. The van der Waals surface area contributed by atoms with E-state index in [1.165, 1.54) is 0 Å². The highest BCUT2D eigenvalue weighted by Crippen LogP contribution is 2.20. The molecule has 0 radical (unpaired) electrons. The summed E-state index contributed by atoms with van der Waals surface area (Å²) in [5, 5.41) is 28.8. The van der Waals surface area contributed by atoms with Gasteiger partial charge in [-0.3, -0.25) is 14.9 Å². The third-order valence-corrected chi connectivity index (χ3v) is 6.36. The minimum Gasteiger partial charge on any atom is -0.444 e. The second kappa shape index (κ2) is 16.1. The molecule has 9 nitrogen and oxygen atoms in total. The third kappa shape index (κ3) is 11.9. The molecule has 40 heavy (non-hydrogen) atoms. The Morgan fingerprint density at radius 2 is 1.43 bits per heavy atom. The van der Waals surface area contributed by atoms with Crippen molar-refractivity contribution < 1.29 is 29.3 Å². The van der Waals surface area contributed by atoms with Crippen LogP contribution in [0.25, 0.3) is 0 Å². The molecule has 0 bridgehead atoms. The maximum Gasteiger partial charge on any atom is 0.407 e. The Morgan fingerprint density at radius 1 is 0.875 bits per heavy atom. The molecule has 3 amide bonds. The predicted octanol–water partition coefficient (Wildman–Crippen LogP) is 2.98. The number of ether oxygens (including phenoxy) is 1. The molecule has 0 heterocycles. The van der Waals surface area contributed by atoms with Crippen molar-refractivity contribution in [2.24, 2.45) is 11.8 Å². The molecule has 0 fully saturated rings. The van der Waals surface area contributed by atoms with Crippen molar-refractivity contribution in [1.82, 2.24) is 16.0 Å². The number of amides is 3. The van der Waals surface area contributed by atoms with Crippen LogP contribution in [-0.2, 0) is 27.2 Å². The summed E-state index contributed by atoms with van der Waals surface area (Å²) in [7, 11) is 0. The third-order valence-electron chi connectivity index (χ3n) is 6.36. The molecule has 2 aromatic rings. The lowest BCUT2D eigenvalue weighted by Crippen LogP contribution is -2.52. The standard InChI is InChI=1S/C31H45N3O6/c1-21(2)27(32-16-17-35)29(38)34-28(37)24(18-22-12-8-6-9-13-22)20-26(36)25(19-23-14-10-7-11-15-23)33-30(39)40-31(3,4)5/h6-15,21,24-27,32,35-36H,16-20H2,1-5H3,(H,33,39)(H,34,37,38)/t24?,25-,26-,27+/m0/s1. The average molecular weight is 556 g/mol. The van der Waals surface area contributed by atoms with Gasteiger partial charge in [0.1, 0.15) is 5.60 Å². The number of rotatable bonds is 14. The van der Waals surface area contributed by atoms with E-state index in [9.17, 15) is 19.5 Å². The van der Waals surface area contributed by atoms with Crippen LogP contribution in [0.4, 0.5) is 4.79 Å². The van der Waals surface area contributed by atoms with E-state index < -0.39 is 47.6 Å². The molecule has 0 saturated heterocycles. The molecule has 0 spiro atoms. The normalized spacial score (nSPS) is 14.6. The molecule has 4 atom stereocenters. The number of aliphatic hydroxyl groups excluding tert-OH is 2. The highest BCUT2D eigenvalue weighted by atomic mass is 16.6. The first-order valence-corrected chi connectivity index (χ1v) is 13.8. The van der Waals surface area contributed by atoms with Crippen LogP contribution in [0.5, 0.6) is 0 Å². The van der Waals surface area contributed by atoms with Gasteiger partial charge in [-0.1, -0.05) is 74.5 Å². The van der Waals surface area contributed by atoms with Crippen LogP contribution in [0, 0.1) is 11.8 Å². The summed E-state index contributed by atoms with van der Waals surface area (Å²) >= 11 is 0. The largest absolute Gasteiger partial charge is 0.444 e. The number of imide groups is 1. The molecule has 2 rings (SSSR count). The average Bonchev–Trinajstić information content (AvgIpc) is 2.88. The van der Waals surface area contributed by atoms with Gasteiger partial charge in [0.15, 0.2) is 0 Å². The van der Waals surface area contributed by atoms with E-state index in [2.05, 4.69) is 16.0 Å². The summed E-state index contributed by atoms with van der Waals surface area (Å²) in [4.78, 5) is 39.1. The smallest absolute Gasteiger partial charge is 0.407 e. The fourth-order valence-corrected chi connectivity index (χ4v) is 4.40. The number of hydrogen-bond donors (Lipinski definition) is 5. The van der Waals surface area contributed by atoms with Gasteiger partial charge in [-0.2, -0.15) is 0 Å². The number of hydrogen-bond acceptors (Lipinski definition) is 7. The molecule has 0 aromatic heterocycles.